The number of fused-ring (bicyclic) bond motifs is 1. The average Bonchev–Trinajstić information content (AvgIpc) is 2.89. The number of hydrogen-bond donors (Lipinski definition) is 1. The van der Waals surface area contributed by atoms with E-state index in [1.165, 1.54) is 6.07 Å². The molecule has 1 atom stereocenters. The zero-order valence-electron chi connectivity index (χ0n) is 11.7. The maximum atomic E-state index is 12.3. The van der Waals surface area contributed by atoms with E-state index >= 15 is 0 Å². The Labute approximate surface area is 124 Å². The number of benzene rings is 1. The third-order valence-electron chi connectivity index (χ3n) is 3.62. The van der Waals surface area contributed by atoms with Gasteiger partial charge in [-0.3, -0.25) is 0 Å². The second-order valence-corrected chi connectivity index (χ2v) is 7.01. The lowest BCUT2D eigenvalue weighted by atomic mass is 10.1. The molecule has 0 amide bonds. The van der Waals surface area contributed by atoms with Crippen molar-refractivity contribution >= 4 is 10.0 Å². The highest BCUT2D eigenvalue weighted by molar-refractivity contribution is 7.89. The maximum Gasteiger partial charge on any atom is 0.240 e. The van der Waals surface area contributed by atoms with Crippen LogP contribution < -0.4 is 14.2 Å². The van der Waals surface area contributed by atoms with Crippen LogP contribution in [-0.4, -0.2) is 41.4 Å². The first kappa shape index (κ1) is 14.6. The van der Waals surface area contributed by atoms with E-state index < -0.39 is 10.0 Å². The summed E-state index contributed by atoms with van der Waals surface area (Å²) < 4.78 is 43.5. The van der Waals surface area contributed by atoms with Crippen LogP contribution in [0.15, 0.2) is 23.1 Å². The lowest BCUT2D eigenvalue weighted by Gasteiger charge is -2.12. The summed E-state index contributed by atoms with van der Waals surface area (Å²) >= 11 is 0. The summed E-state index contributed by atoms with van der Waals surface area (Å²) in [6, 6.07) is 4.71. The van der Waals surface area contributed by atoms with Crippen LogP contribution in [0.25, 0.3) is 0 Å². The van der Waals surface area contributed by atoms with Gasteiger partial charge in [0.25, 0.3) is 0 Å². The van der Waals surface area contributed by atoms with Crippen molar-refractivity contribution in [1.29, 1.82) is 0 Å². The summed E-state index contributed by atoms with van der Waals surface area (Å²) in [6.07, 6.45) is 1.68. The van der Waals surface area contributed by atoms with Crippen molar-refractivity contribution < 1.29 is 22.6 Å². The van der Waals surface area contributed by atoms with E-state index in [-0.39, 0.29) is 10.8 Å². The van der Waals surface area contributed by atoms with E-state index in [1.54, 1.807) is 12.1 Å². The highest BCUT2D eigenvalue weighted by Gasteiger charge is 2.22. The molecule has 0 radical (unpaired) electrons. The minimum Gasteiger partial charge on any atom is -0.490 e. The fourth-order valence-corrected chi connectivity index (χ4v) is 3.50. The predicted molar refractivity (Wildman–Crippen MR) is 76.2 cm³/mol. The van der Waals surface area contributed by atoms with Gasteiger partial charge < -0.3 is 14.2 Å². The summed E-state index contributed by atoms with van der Waals surface area (Å²) in [5.41, 5.74) is 0. The van der Waals surface area contributed by atoms with Crippen molar-refractivity contribution in [2.45, 2.75) is 17.7 Å². The standard InChI is InChI=1S/C14H19NO5S/c16-21(17,15-9-11-4-7-18-10-11)12-2-3-13-14(8-12)20-6-1-5-19-13/h2-3,8,11,15H,1,4-7,9-10H2. The first-order chi connectivity index (χ1) is 10.1. The van der Waals surface area contributed by atoms with Gasteiger partial charge in [-0.15, -0.1) is 0 Å². The first-order valence-corrected chi connectivity index (χ1v) is 8.60. The van der Waals surface area contributed by atoms with E-state index in [2.05, 4.69) is 4.72 Å². The number of ether oxygens (including phenoxy) is 3. The van der Waals surface area contributed by atoms with Gasteiger partial charge in [-0.05, 0) is 24.5 Å². The Morgan fingerprint density at radius 3 is 2.71 bits per heavy atom. The summed E-state index contributed by atoms with van der Waals surface area (Å²) in [5.74, 6) is 1.33. The van der Waals surface area contributed by atoms with Crippen LogP contribution in [0, 0.1) is 5.92 Å². The summed E-state index contributed by atoms with van der Waals surface area (Å²) in [5, 5.41) is 0. The van der Waals surface area contributed by atoms with Crippen LogP contribution in [0.5, 0.6) is 11.5 Å². The third kappa shape index (κ3) is 3.48. The highest BCUT2D eigenvalue weighted by atomic mass is 32.2. The van der Waals surface area contributed by atoms with Crippen molar-refractivity contribution in [3.8, 4) is 11.5 Å². The second kappa shape index (κ2) is 6.21. The van der Waals surface area contributed by atoms with Crippen molar-refractivity contribution in [1.82, 2.24) is 4.72 Å². The largest absolute Gasteiger partial charge is 0.490 e. The van der Waals surface area contributed by atoms with Crippen LogP contribution in [0.2, 0.25) is 0 Å². The molecule has 1 fully saturated rings. The van der Waals surface area contributed by atoms with Gasteiger partial charge in [0.1, 0.15) is 0 Å². The molecule has 1 unspecified atom stereocenters. The third-order valence-corrected chi connectivity index (χ3v) is 5.04. The number of rotatable bonds is 4. The number of hydrogen-bond acceptors (Lipinski definition) is 5. The molecule has 1 aromatic carbocycles. The van der Waals surface area contributed by atoms with Crippen LogP contribution >= 0.6 is 0 Å². The van der Waals surface area contributed by atoms with Gasteiger partial charge in [0.15, 0.2) is 11.5 Å². The fourth-order valence-electron chi connectivity index (χ4n) is 2.37. The Bertz CT molecular complexity index is 595. The predicted octanol–water partition coefficient (Wildman–Crippen LogP) is 1.16. The molecule has 7 heteroatoms. The molecule has 21 heavy (non-hydrogen) atoms. The lowest BCUT2D eigenvalue weighted by molar-refractivity contribution is 0.186. The van der Waals surface area contributed by atoms with Crippen LogP contribution in [0.1, 0.15) is 12.8 Å². The Balaban J connectivity index is 1.73. The van der Waals surface area contributed by atoms with E-state index in [4.69, 9.17) is 14.2 Å². The van der Waals surface area contributed by atoms with Crippen LogP contribution in [0.4, 0.5) is 0 Å². The molecular weight excluding hydrogens is 294 g/mol. The molecule has 1 N–H and O–H groups in total. The summed E-state index contributed by atoms with van der Waals surface area (Å²) in [7, 11) is -3.53. The van der Waals surface area contributed by atoms with Gasteiger partial charge >= 0.3 is 0 Å². The van der Waals surface area contributed by atoms with Crippen LogP contribution in [0.3, 0.4) is 0 Å². The van der Waals surface area contributed by atoms with Crippen molar-refractivity contribution in [3.63, 3.8) is 0 Å². The first-order valence-electron chi connectivity index (χ1n) is 7.12. The molecule has 0 aromatic heterocycles. The Morgan fingerprint density at radius 2 is 1.95 bits per heavy atom. The zero-order valence-corrected chi connectivity index (χ0v) is 12.5. The highest BCUT2D eigenvalue weighted by Crippen LogP contribution is 2.31. The summed E-state index contributed by atoms with van der Waals surface area (Å²) in [4.78, 5) is 0.200. The van der Waals surface area contributed by atoms with E-state index in [1.807, 2.05) is 0 Å². The smallest absolute Gasteiger partial charge is 0.240 e. The van der Waals surface area contributed by atoms with Gasteiger partial charge in [0, 0.05) is 25.6 Å². The van der Waals surface area contributed by atoms with E-state index in [0.29, 0.717) is 44.5 Å². The van der Waals surface area contributed by atoms with Crippen molar-refractivity contribution in [3.05, 3.63) is 18.2 Å². The molecule has 1 saturated heterocycles. The topological polar surface area (TPSA) is 73.9 Å². The molecule has 0 aliphatic carbocycles. The Hall–Kier alpha value is -1.31. The maximum absolute atomic E-state index is 12.3. The van der Waals surface area contributed by atoms with Gasteiger partial charge in [0.05, 0.1) is 24.7 Å². The summed E-state index contributed by atoms with van der Waals surface area (Å²) in [6.45, 7) is 2.83. The SMILES string of the molecule is O=S(=O)(NCC1CCOC1)c1ccc2c(c1)OCCCO2. The molecule has 2 aliphatic rings. The molecule has 6 nitrogen and oxygen atoms in total. The molecule has 0 bridgehead atoms. The minimum absolute atomic E-state index is 0.200. The normalized spacial score (nSPS) is 22.0. The van der Waals surface area contributed by atoms with Crippen LogP contribution in [-0.2, 0) is 14.8 Å². The van der Waals surface area contributed by atoms with Gasteiger partial charge in [0.2, 0.25) is 10.0 Å². The Kier molecular flexibility index (Phi) is 4.32. The van der Waals surface area contributed by atoms with E-state index in [0.717, 1.165) is 12.8 Å². The van der Waals surface area contributed by atoms with Gasteiger partial charge in [-0.1, -0.05) is 0 Å². The molecule has 0 saturated carbocycles. The number of nitrogens with one attached hydrogen (secondary N) is 1. The zero-order chi connectivity index (χ0) is 14.7. The minimum atomic E-state index is -3.53. The second-order valence-electron chi connectivity index (χ2n) is 5.24. The number of sulfonamides is 1. The van der Waals surface area contributed by atoms with Gasteiger partial charge in [-0.25, -0.2) is 13.1 Å². The molecule has 3 rings (SSSR count). The van der Waals surface area contributed by atoms with Crippen molar-refractivity contribution in [2.75, 3.05) is 33.0 Å². The monoisotopic (exact) mass is 313 g/mol. The molecule has 2 heterocycles. The van der Waals surface area contributed by atoms with Crippen molar-refractivity contribution in [2.24, 2.45) is 5.92 Å². The fraction of sp³-hybridized carbons (Fsp3) is 0.571. The molecular formula is C14H19NO5S. The Morgan fingerprint density at radius 1 is 1.14 bits per heavy atom. The molecule has 1 aromatic rings. The quantitative estimate of drug-likeness (QED) is 0.903. The van der Waals surface area contributed by atoms with E-state index in [9.17, 15) is 8.42 Å². The molecule has 116 valence electrons. The lowest BCUT2D eigenvalue weighted by Crippen LogP contribution is -2.29. The van der Waals surface area contributed by atoms with Gasteiger partial charge in [-0.2, -0.15) is 0 Å². The molecule has 0 spiro atoms. The molecule has 2 aliphatic heterocycles. The average molecular weight is 313 g/mol.